The quantitative estimate of drug-likeness (QED) is 0.882. The van der Waals surface area contributed by atoms with E-state index in [1.54, 1.807) is 18.7 Å². The fourth-order valence-corrected chi connectivity index (χ4v) is 2.82. The van der Waals surface area contributed by atoms with Gasteiger partial charge in [-0.05, 0) is 38.0 Å². The van der Waals surface area contributed by atoms with Gasteiger partial charge in [-0.2, -0.15) is 5.10 Å². The molecule has 5 nitrogen and oxygen atoms in total. The molecular formula is C14H23N3O2. The van der Waals surface area contributed by atoms with Crippen molar-refractivity contribution in [2.75, 3.05) is 5.32 Å². The molecule has 1 heterocycles. The van der Waals surface area contributed by atoms with Crippen molar-refractivity contribution in [3.63, 3.8) is 0 Å². The van der Waals surface area contributed by atoms with Crippen LogP contribution in [-0.2, 0) is 7.05 Å². The van der Waals surface area contributed by atoms with E-state index in [4.69, 9.17) is 0 Å². The number of anilines is 1. The molecule has 1 aliphatic carbocycles. The molecule has 0 bridgehead atoms. The zero-order valence-corrected chi connectivity index (χ0v) is 12.2. The van der Waals surface area contributed by atoms with Crippen LogP contribution in [0.25, 0.3) is 0 Å². The summed E-state index contributed by atoms with van der Waals surface area (Å²) in [6.07, 6.45) is 4.50. The molecule has 2 N–H and O–H groups in total. The lowest BCUT2D eigenvalue weighted by atomic mass is 9.75. The molecule has 0 radical (unpaired) electrons. The minimum absolute atomic E-state index is 0.298. The Morgan fingerprint density at radius 1 is 1.42 bits per heavy atom. The average Bonchev–Trinajstić information content (AvgIpc) is 2.56. The highest BCUT2D eigenvalue weighted by Gasteiger charge is 2.28. The molecule has 19 heavy (non-hydrogen) atoms. The third-order valence-electron chi connectivity index (χ3n) is 4.12. The molecule has 2 rings (SSSR count). The van der Waals surface area contributed by atoms with Gasteiger partial charge in [-0.3, -0.25) is 4.68 Å². The lowest BCUT2D eigenvalue weighted by Gasteiger charge is -2.35. The number of carboxylic acid groups (broad SMARTS) is 1. The lowest BCUT2D eigenvalue weighted by molar-refractivity contribution is 0.0697. The lowest BCUT2D eigenvalue weighted by Crippen LogP contribution is -2.31. The molecule has 0 saturated heterocycles. The number of aromatic carboxylic acids is 1. The third-order valence-corrected chi connectivity index (χ3v) is 4.12. The molecule has 1 aromatic rings. The van der Waals surface area contributed by atoms with Crippen molar-refractivity contribution in [2.45, 2.75) is 52.5 Å². The van der Waals surface area contributed by atoms with Gasteiger partial charge in [-0.25, -0.2) is 4.79 Å². The van der Waals surface area contributed by atoms with Gasteiger partial charge in [0.15, 0.2) is 0 Å². The summed E-state index contributed by atoms with van der Waals surface area (Å²) in [7, 11) is 1.79. The number of aryl methyl sites for hydroxylation is 2. The van der Waals surface area contributed by atoms with E-state index in [0.717, 1.165) is 12.8 Å². The van der Waals surface area contributed by atoms with Crippen LogP contribution in [0.1, 0.15) is 55.6 Å². The number of carboxylic acids is 1. The van der Waals surface area contributed by atoms with Crippen molar-refractivity contribution in [1.29, 1.82) is 0 Å². The zero-order valence-electron chi connectivity index (χ0n) is 12.2. The second-order valence-corrected chi connectivity index (χ2v) is 6.32. The minimum atomic E-state index is -0.913. The Morgan fingerprint density at radius 3 is 2.53 bits per heavy atom. The number of rotatable bonds is 3. The van der Waals surface area contributed by atoms with Crippen LogP contribution in [-0.4, -0.2) is 26.9 Å². The molecule has 1 aromatic heterocycles. The first kappa shape index (κ1) is 13.9. The number of hydrogen-bond donors (Lipinski definition) is 2. The van der Waals surface area contributed by atoms with E-state index in [-0.39, 0.29) is 0 Å². The summed E-state index contributed by atoms with van der Waals surface area (Å²) >= 11 is 0. The Balaban J connectivity index is 2.14. The van der Waals surface area contributed by atoms with Crippen molar-refractivity contribution in [3.05, 3.63) is 11.3 Å². The number of carbonyl (C=O) groups is 1. The molecule has 0 spiro atoms. The van der Waals surface area contributed by atoms with Crippen LogP contribution in [0.2, 0.25) is 0 Å². The minimum Gasteiger partial charge on any atom is -0.477 e. The Labute approximate surface area is 114 Å². The first-order valence-corrected chi connectivity index (χ1v) is 6.83. The van der Waals surface area contributed by atoms with E-state index < -0.39 is 5.97 Å². The van der Waals surface area contributed by atoms with Crippen molar-refractivity contribution in [1.82, 2.24) is 9.78 Å². The van der Waals surface area contributed by atoms with Gasteiger partial charge in [0.25, 0.3) is 0 Å². The van der Waals surface area contributed by atoms with E-state index in [9.17, 15) is 9.90 Å². The number of nitrogens with zero attached hydrogens (tertiary/aromatic N) is 2. The van der Waals surface area contributed by atoms with Crippen LogP contribution < -0.4 is 5.32 Å². The predicted octanol–water partition coefficient (Wildman–Crippen LogP) is 2.81. The molecule has 1 saturated carbocycles. The van der Waals surface area contributed by atoms with Crippen LogP contribution in [0.3, 0.4) is 0 Å². The number of aromatic nitrogens is 2. The normalized spacial score (nSPS) is 19.4. The zero-order chi connectivity index (χ0) is 14.2. The average molecular weight is 265 g/mol. The van der Waals surface area contributed by atoms with Gasteiger partial charge in [0.1, 0.15) is 11.4 Å². The summed E-state index contributed by atoms with van der Waals surface area (Å²) in [4.78, 5) is 11.3. The smallest absolute Gasteiger partial charge is 0.341 e. The van der Waals surface area contributed by atoms with E-state index in [1.165, 1.54) is 12.8 Å². The van der Waals surface area contributed by atoms with Gasteiger partial charge in [0, 0.05) is 13.1 Å². The first-order chi connectivity index (χ1) is 8.80. The molecule has 1 fully saturated rings. The van der Waals surface area contributed by atoms with Gasteiger partial charge < -0.3 is 10.4 Å². The summed E-state index contributed by atoms with van der Waals surface area (Å²) in [6, 6.07) is 0.348. The second-order valence-electron chi connectivity index (χ2n) is 6.32. The van der Waals surface area contributed by atoms with Crippen molar-refractivity contribution >= 4 is 11.8 Å². The fourth-order valence-electron chi connectivity index (χ4n) is 2.82. The van der Waals surface area contributed by atoms with Gasteiger partial charge >= 0.3 is 5.97 Å². The largest absolute Gasteiger partial charge is 0.477 e. The molecule has 0 amide bonds. The van der Waals surface area contributed by atoms with Crippen LogP contribution in [0, 0.1) is 12.3 Å². The fraction of sp³-hybridized carbons (Fsp3) is 0.714. The first-order valence-electron chi connectivity index (χ1n) is 6.83. The van der Waals surface area contributed by atoms with Gasteiger partial charge in [-0.1, -0.05) is 13.8 Å². The molecule has 0 aromatic carbocycles. The Morgan fingerprint density at radius 2 is 2.00 bits per heavy atom. The standard InChI is InChI=1S/C14H23N3O2/c1-9-11(13(18)19)12(17(4)16-9)15-10-5-7-14(2,3)8-6-10/h10,15H,5-8H2,1-4H3,(H,18,19). The predicted molar refractivity (Wildman–Crippen MR) is 74.6 cm³/mol. The SMILES string of the molecule is Cc1nn(C)c(NC2CCC(C)(C)CC2)c1C(=O)O. The van der Waals surface area contributed by atoms with Crippen LogP contribution in [0.15, 0.2) is 0 Å². The Hall–Kier alpha value is -1.52. The maximum atomic E-state index is 11.3. The van der Waals surface area contributed by atoms with Gasteiger partial charge in [0.05, 0.1) is 5.69 Å². The summed E-state index contributed by atoms with van der Waals surface area (Å²) in [5, 5.41) is 16.9. The van der Waals surface area contributed by atoms with Crippen molar-refractivity contribution in [3.8, 4) is 0 Å². The molecule has 0 unspecified atom stereocenters. The van der Waals surface area contributed by atoms with E-state index in [1.807, 2.05) is 0 Å². The molecule has 1 aliphatic rings. The molecule has 0 atom stereocenters. The Kier molecular flexibility index (Phi) is 3.56. The Bertz CT molecular complexity index is 481. The van der Waals surface area contributed by atoms with Crippen LogP contribution >= 0.6 is 0 Å². The highest BCUT2D eigenvalue weighted by atomic mass is 16.4. The summed E-state index contributed by atoms with van der Waals surface area (Å²) in [5.41, 5.74) is 1.27. The highest BCUT2D eigenvalue weighted by molar-refractivity contribution is 5.94. The van der Waals surface area contributed by atoms with Crippen molar-refractivity contribution in [2.24, 2.45) is 12.5 Å². The second kappa shape index (κ2) is 4.87. The van der Waals surface area contributed by atoms with E-state index in [0.29, 0.717) is 28.5 Å². The maximum Gasteiger partial charge on any atom is 0.341 e. The molecule has 5 heteroatoms. The van der Waals surface area contributed by atoms with Gasteiger partial charge in [-0.15, -0.1) is 0 Å². The number of hydrogen-bond acceptors (Lipinski definition) is 3. The topological polar surface area (TPSA) is 67.2 Å². The highest BCUT2D eigenvalue weighted by Crippen LogP contribution is 2.36. The molecule has 106 valence electrons. The van der Waals surface area contributed by atoms with Crippen LogP contribution in [0.4, 0.5) is 5.82 Å². The summed E-state index contributed by atoms with van der Waals surface area (Å²) in [5.74, 6) is -0.279. The molecule has 0 aliphatic heterocycles. The maximum absolute atomic E-state index is 11.3. The van der Waals surface area contributed by atoms with E-state index >= 15 is 0 Å². The molecular weight excluding hydrogens is 242 g/mol. The number of nitrogens with one attached hydrogen (secondary N) is 1. The van der Waals surface area contributed by atoms with Crippen LogP contribution in [0.5, 0.6) is 0 Å². The van der Waals surface area contributed by atoms with Gasteiger partial charge in [0.2, 0.25) is 0 Å². The summed E-state index contributed by atoms with van der Waals surface area (Å²) in [6.45, 7) is 6.32. The third kappa shape index (κ3) is 2.91. The monoisotopic (exact) mass is 265 g/mol. The van der Waals surface area contributed by atoms with Crippen molar-refractivity contribution < 1.29 is 9.90 Å². The van der Waals surface area contributed by atoms with E-state index in [2.05, 4.69) is 24.3 Å². The summed E-state index contributed by atoms with van der Waals surface area (Å²) < 4.78 is 1.64.